The van der Waals surface area contributed by atoms with Crippen LogP contribution in [0.3, 0.4) is 0 Å². The molecule has 2 N–H and O–H groups in total. The van der Waals surface area contributed by atoms with Crippen LogP contribution in [-0.2, 0) is 11.3 Å². The third-order valence-corrected chi connectivity index (χ3v) is 5.51. The molecule has 2 amide bonds. The maximum atomic E-state index is 13.4. The molecule has 1 aromatic carbocycles. The molecule has 0 atom stereocenters. The SMILES string of the molecule is CC(=O)NC1CCCCC1.COc1cc(CNC(=O)c2cc(-c3noc(C)n3)nc(C)n2)ccc1F. The van der Waals surface area contributed by atoms with E-state index in [1.807, 2.05) is 0 Å². The van der Waals surface area contributed by atoms with Gasteiger partial charge in [0, 0.05) is 26.4 Å². The van der Waals surface area contributed by atoms with Crippen molar-refractivity contribution in [2.45, 2.75) is 65.5 Å². The number of hydrogen-bond donors (Lipinski definition) is 2. The molecule has 2 heterocycles. The Hall–Kier alpha value is -3.89. The van der Waals surface area contributed by atoms with E-state index in [4.69, 9.17) is 9.26 Å². The van der Waals surface area contributed by atoms with Crippen molar-refractivity contribution in [3.63, 3.8) is 0 Å². The highest BCUT2D eigenvalue weighted by Crippen LogP contribution is 2.19. The number of amides is 2. The van der Waals surface area contributed by atoms with Crippen molar-refractivity contribution in [3.05, 3.63) is 53.1 Å². The van der Waals surface area contributed by atoms with E-state index in [2.05, 4.69) is 30.7 Å². The topological polar surface area (TPSA) is 132 Å². The smallest absolute Gasteiger partial charge is 0.270 e. The minimum Gasteiger partial charge on any atom is -0.494 e. The molecule has 2 aromatic heterocycles. The number of benzene rings is 1. The summed E-state index contributed by atoms with van der Waals surface area (Å²) in [6, 6.07) is 6.33. The lowest BCUT2D eigenvalue weighted by atomic mass is 9.95. The number of carbonyl (C=O) groups is 2. The van der Waals surface area contributed by atoms with Gasteiger partial charge in [0.25, 0.3) is 5.91 Å². The Balaban J connectivity index is 0.000000303. The molecular weight excluding hydrogens is 467 g/mol. The molecule has 3 aromatic rings. The number of aryl methyl sites for hydroxylation is 2. The summed E-state index contributed by atoms with van der Waals surface area (Å²) in [5.74, 6) is 0.446. The number of nitrogens with one attached hydrogen (secondary N) is 2. The Kier molecular flexibility index (Phi) is 9.43. The van der Waals surface area contributed by atoms with Crippen molar-refractivity contribution in [2.75, 3.05) is 7.11 Å². The molecule has 0 unspecified atom stereocenters. The Labute approximate surface area is 209 Å². The first-order valence-corrected chi connectivity index (χ1v) is 11.8. The molecule has 1 fully saturated rings. The zero-order valence-electron chi connectivity index (χ0n) is 20.9. The van der Waals surface area contributed by atoms with E-state index < -0.39 is 11.7 Å². The summed E-state index contributed by atoms with van der Waals surface area (Å²) in [5, 5.41) is 9.46. The minimum atomic E-state index is -0.464. The average molecular weight is 499 g/mol. The summed E-state index contributed by atoms with van der Waals surface area (Å²) in [5.41, 5.74) is 1.25. The Morgan fingerprint density at radius 3 is 2.50 bits per heavy atom. The number of nitrogens with zero attached hydrogens (tertiary/aromatic N) is 4. The summed E-state index contributed by atoms with van der Waals surface area (Å²) in [6.45, 7) is 5.11. The summed E-state index contributed by atoms with van der Waals surface area (Å²) in [6.07, 6.45) is 6.27. The molecule has 1 aliphatic carbocycles. The van der Waals surface area contributed by atoms with Crippen LogP contribution in [-0.4, -0.2) is 45.1 Å². The second kappa shape index (κ2) is 12.7. The molecule has 36 heavy (non-hydrogen) atoms. The number of carbonyl (C=O) groups excluding carboxylic acids is 2. The zero-order chi connectivity index (χ0) is 26.1. The van der Waals surface area contributed by atoms with Crippen LogP contribution in [0, 0.1) is 19.7 Å². The zero-order valence-corrected chi connectivity index (χ0v) is 20.9. The van der Waals surface area contributed by atoms with Gasteiger partial charge in [-0.25, -0.2) is 14.4 Å². The van der Waals surface area contributed by atoms with Crippen LogP contribution in [0.4, 0.5) is 4.39 Å². The number of methoxy groups -OCH3 is 1. The maximum Gasteiger partial charge on any atom is 0.270 e. The van der Waals surface area contributed by atoms with Gasteiger partial charge >= 0.3 is 0 Å². The molecular formula is C25H31FN6O4. The summed E-state index contributed by atoms with van der Waals surface area (Å²) < 4.78 is 23.3. The molecule has 0 radical (unpaired) electrons. The highest BCUT2D eigenvalue weighted by Gasteiger charge is 2.15. The van der Waals surface area contributed by atoms with E-state index in [1.54, 1.807) is 26.8 Å². The predicted molar refractivity (Wildman–Crippen MR) is 130 cm³/mol. The number of rotatable bonds is 6. The molecule has 0 bridgehead atoms. The Morgan fingerprint density at radius 1 is 1.11 bits per heavy atom. The van der Waals surface area contributed by atoms with Crippen LogP contribution >= 0.6 is 0 Å². The van der Waals surface area contributed by atoms with Gasteiger partial charge in [0.2, 0.25) is 17.6 Å². The van der Waals surface area contributed by atoms with Crippen LogP contribution in [0.15, 0.2) is 28.8 Å². The van der Waals surface area contributed by atoms with Gasteiger partial charge in [0.15, 0.2) is 11.6 Å². The third kappa shape index (κ3) is 7.82. The van der Waals surface area contributed by atoms with Crippen molar-refractivity contribution in [2.24, 2.45) is 0 Å². The number of ether oxygens (including phenoxy) is 1. The summed E-state index contributed by atoms with van der Waals surface area (Å²) >= 11 is 0. The first kappa shape index (κ1) is 26.7. The highest BCUT2D eigenvalue weighted by molar-refractivity contribution is 5.93. The van der Waals surface area contributed by atoms with E-state index >= 15 is 0 Å². The largest absolute Gasteiger partial charge is 0.494 e. The van der Waals surface area contributed by atoms with Crippen molar-refractivity contribution < 1.29 is 23.2 Å². The van der Waals surface area contributed by atoms with Gasteiger partial charge in [-0.1, -0.05) is 30.5 Å². The van der Waals surface area contributed by atoms with Crippen molar-refractivity contribution in [3.8, 4) is 17.3 Å². The van der Waals surface area contributed by atoms with Crippen molar-refractivity contribution >= 4 is 11.8 Å². The minimum absolute atomic E-state index is 0.115. The average Bonchev–Trinajstić information content (AvgIpc) is 3.30. The van der Waals surface area contributed by atoms with Gasteiger partial charge in [-0.15, -0.1) is 0 Å². The molecule has 0 saturated heterocycles. The molecule has 10 nitrogen and oxygen atoms in total. The van der Waals surface area contributed by atoms with Crippen molar-refractivity contribution in [1.82, 2.24) is 30.7 Å². The van der Waals surface area contributed by atoms with Gasteiger partial charge in [0.1, 0.15) is 17.2 Å². The maximum absolute atomic E-state index is 13.4. The summed E-state index contributed by atoms with van der Waals surface area (Å²) in [7, 11) is 1.38. The second-order valence-electron chi connectivity index (χ2n) is 8.51. The number of halogens is 1. The van der Waals surface area contributed by atoms with Crippen LogP contribution in [0.1, 0.15) is 66.8 Å². The molecule has 0 spiro atoms. The van der Waals surface area contributed by atoms with E-state index in [-0.39, 0.29) is 29.7 Å². The van der Waals surface area contributed by atoms with Gasteiger partial charge in [-0.05, 0) is 43.5 Å². The highest BCUT2D eigenvalue weighted by atomic mass is 19.1. The fraction of sp³-hybridized carbons (Fsp3) is 0.440. The molecule has 11 heteroatoms. The van der Waals surface area contributed by atoms with Gasteiger partial charge < -0.3 is 19.9 Å². The van der Waals surface area contributed by atoms with Crippen LogP contribution < -0.4 is 15.4 Å². The molecule has 1 aliphatic rings. The molecule has 0 aliphatic heterocycles. The summed E-state index contributed by atoms with van der Waals surface area (Å²) in [4.78, 5) is 35.5. The predicted octanol–water partition coefficient (Wildman–Crippen LogP) is 3.68. The quantitative estimate of drug-likeness (QED) is 0.526. The first-order valence-electron chi connectivity index (χ1n) is 11.8. The normalized spacial score (nSPS) is 13.4. The lowest BCUT2D eigenvalue weighted by molar-refractivity contribution is -0.119. The fourth-order valence-corrected chi connectivity index (χ4v) is 3.82. The van der Waals surface area contributed by atoms with Crippen LogP contribution in [0.25, 0.3) is 11.5 Å². The second-order valence-corrected chi connectivity index (χ2v) is 8.51. The van der Waals surface area contributed by atoms with E-state index in [9.17, 15) is 14.0 Å². The number of hydrogen-bond acceptors (Lipinski definition) is 8. The lowest BCUT2D eigenvalue weighted by Crippen LogP contribution is -2.34. The molecule has 192 valence electrons. The van der Waals surface area contributed by atoms with E-state index in [0.717, 1.165) is 0 Å². The third-order valence-electron chi connectivity index (χ3n) is 5.51. The van der Waals surface area contributed by atoms with Gasteiger partial charge in [-0.2, -0.15) is 4.98 Å². The molecule has 4 rings (SSSR count). The van der Waals surface area contributed by atoms with Crippen LogP contribution in [0.2, 0.25) is 0 Å². The molecule has 1 saturated carbocycles. The van der Waals surface area contributed by atoms with Gasteiger partial charge in [0.05, 0.1) is 7.11 Å². The Morgan fingerprint density at radius 2 is 1.86 bits per heavy atom. The van der Waals surface area contributed by atoms with Crippen LogP contribution in [0.5, 0.6) is 5.75 Å². The van der Waals surface area contributed by atoms with E-state index in [0.29, 0.717) is 29.0 Å². The standard InChI is InChI=1S/C17H16FN5O3.C8H15NO/c1-9-20-13(16-22-10(2)26-23-16)7-14(21-9)17(24)19-8-11-4-5-12(18)15(6-11)25-3;1-7(10)9-8-5-3-2-4-6-8/h4-7H,8H2,1-3H3,(H,19,24);8H,2-6H2,1H3,(H,9,10). The van der Waals surface area contributed by atoms with Gasteiger partial charge in [-0.3, -0.25) is 9.59 Å². The lowest BCUT2D eigenvalue weighted by Gasteiger charge is -2.21. The fourth-order valence-electron chi connectivity index (χ4n) is 3.82. The monoisotopic (exact) mass is 498 g/mol. The first-order chi connectivity index (χ1) is 17.2. The Bertz CT molecular complexity index is 1190. The van der Waals surface area contributed by atoms with Crippen molar-refractivity contribution in [1.29, 1.82) is 0 Å². The number of aromatic nitrogens is 4. The van der Waals surface area contributed by atoms with E-state index in [1.165, 1.54) is 57.4 Å².